The van der Waals surface area contributed by atoms with Gasteiger partial charge in [0.1, 0.15) is 5.75 Å². The zero-order valence-corrected chi connectivity index (χ0v) is 11.8. The number of ether oxygens (including phenoxy) is 1. The molecular formula is C16H24O2. The first-order valence-corrected chi connectivity index (χ1v) is 6.88. The zero-order chi connectivity index (χ0) is 13.4. The lowest BCUT2D eigenvalue weighted by molar-refractivity contribution is 0.111. The predicted octanol–water partition coefficient (Wildman–Crippen LogP) is 4.47. The van der Waals surface area contributed by atoms with Gasteiger partial charge < -0.3 is 4.74 Å². The highest BCUT2D eigenvalue weighted by molar-refractivity contribution is 5.80. The van der Waals surface area contributed by atoms with Crippen LogP contribution in [0.3, 0.4) is 0 Å². The van der Waals surface area contributed by atoms with Gasteiger partial charge in [-0.2, -0.15) is 0 Å². The highest BCUT2D eigenvalue weighted by Crippen LogP contribution is 2.24. The summed E-state index contributed by atoms with van der Waals surface area (Å²) < 4.78 is 5.76. The van der Waals surface area contributed by atoms with Crippen LogP contribution in [0.2, 0.25) is 0 Å². The molecule has 0 atom stereocenters. The van der Waals surface area contributed by atoms with Crippen molar-refractivity contribution in [3.05, 3.63) is 28.8 Å². The Morgan fingerprint density at radius 3 is 2.50 bits per heavy atom. The van der Waals surface area contributed by atoms with Crippen LogP contribution < -0.4 is 4.74 Å². The highest BCUT2D eigenvalue weighted by Gasteiger charge is 2.07. The third-order valence-corrected chi connectivity index (χ3v) is 3.07. The summed E-state index contributed by atoms with van der Waals surface area (Å²) in [5.74, 6) is 0.756. The number of benzene rings is 1. The van der Waals surface area contributed by atoms with Crippen LogP contribution in [-0.4, -0.2) is 12.9 Å². The quantitative estimate of drug-likeness (QED) is 0.501. The first-order chi connectivity index (χ1) is 8.69. The second kappa shape index (κ2) is 7.91. The van der Waals surface area contributed by atoms with Crippen molar-refractivity contribution in [1.29, 1.82) is 0 Å². The molecule has 0 radical (unpaired) electrons. The van der Waals surface area contributed by atoms with Crippen molar-refractivity contribution in [2.45, 2.75) is 52.9 Å². The van der Waals surface area contributed by atoms with Gasteiger partial charge in [0.15, 0.2) is 6.29 Å². The minimum Gasteiger partial charge on any atom is -0.493 e. The van der Waals surface area contributed by atoms with Crippen LogP contribution in [0.25, 0.3) is 0 Å². The Labute approximate surface area is 110 Å². The minimum atomic E-state index is 0.668. The topological polar surface area (TPSA) is 26.3 Å². The standard InChI is InChI=1S/C16H24O2/c1-4-5-6-7-8-9-18-16-14(3)10-13(2)11-15(16)12-17/h10-12H,4-9H2,1-3H3. The zero-order valence-electron chi connectivity index (χ0n) is 11.8. The van der Waals surface area contributed by atoms with Crippen molar-refractivity contribution in [1.82, 2.24) is 0 Å². The molecule has 0 aliphatic carbocycles. The number of aldehydes is 1. The lowest BCUT2D eigenvalue weighted by Crippen LogP contribution is -2.02. The maximum Gasteiger partial charge on any atom is 0.153 e. The van der Waals surface area contributed by atoms with E-state index < -0.39 is 0 Å². The number of unbranched alkanes of at least 4 members (excludes halogenated alkanes) is 4. The van der Waals surface area contributed by atoms with E-state index in [2.05, 4.69) is 13.0 Å². The van der Waals surface area contributed by atoms with Crippen molar-refractivity contribution >= 4 is 6.29 Å². The van der Waals surface area contributed by atoms with Crippen molar-refractivity contribution in [3.8, 4) is 5.75 Å². The Kier molecular flexibility index (Phi) is 6.48. The molecule has 0 aliphatic heterocycles. The average Bonchev–Trinajstić information content (AvgIpc) is 2.35. The van der Waals surface area contributed by atoms with E-state index in [1.165, 1.54) is 25.7 Å². The first kappa shape index (κ1) is 14.7. The van der Waals surface area contributed by atoms with Crippen LogP contribution >= 0.6 is 0 Å². The van der Waals surface area contributed by atoms with Gasteiger partial charge in [-0.3, -0.25) is 4.79 Å². The van der Waals surface area contributed by atoms with E-state index in [1.807, 2.05) is 19.9 Å². The number of carbonyl (C=O) groups is 1. The number of rotatable bonds is 8. The third kappa shape index (κ3) is 4.52. The van der Waals surface area contributed by atoms with Crippen LogP contribution in [0.4, 0.5) is 0 Å². The lowest BCUT2D eigenvalue weighted by atomic mass is 10.1. The van der Waals surface area contributed by atoms with Crippen LogP contribution in [0.15, 0.2) is 12.1 Å². The second-order valence-electron chi connectivity index (χ2n) is 4.88. The van der Waals surface area contributed by atoms with E-state index in [1.54, 1.807) is 0 Å². The van der Waals surface area contributed by atoms with Crippen LogP contribution in [0, 0.1) is 13.8 Å². The molecular weight excluding hydrogens is 224 g/mol. The maximum atomic E-state index is 11.0. The fourth-order valence-electron chi connectivity index (χ4n) is 2.15. The molecule has 0 heterocycles. The molecule has 0 N–H and O–H groups in total. The summed E-state index contributed by atoms with van der Waals surface area (Å²) in [6, 6.07) is 3.94. The Morgan fingerprint density at radius 2 is 1.83 bits per heavy atom. The minimum absolute atomic E-state index is 0.668. The molecule has 2 nitrogen and oxygen atoms in total. The largest absolute Gasteiger partial charge is 0.493 e. The molecule has 0 aromatic heterocycles. The molecule has 1 aromatic rings. The molecule has 0 amide bonds. The van der Waals surface area contributed by atoms with Crippen molar-refractivity contribution in [2.24, 2.45) is 0 Å². The van der Waals surface area contributed by atoms with E-state index >= 15 is 0 Å². The first-order valence-electron chi connectivity index (χ1n) is 6.88. The number of hydrogen-bond acceptors (Lipinski definition) is 2. The van der Waals surface area contributed by atoms with Crippen LogP contribution in [-0.2, 0) is 0 Å². The molecule has 0 unspecified atom stereocenters. The van der Waals surface area contributed by atoms with Crippen molar-refractivity contribution in [3.63, 3.8) is 0 Å². The molecule has 100 valence electrons. The van der Waals surface area contributed by atoms with Gasteiger partial charge in [0, 0.05) is 0 Å². The van der Waals surface area contributed by atoms with E-state index in [0.29, 0.717) is 12.2 Å². The number of hydrogen-bond donors (Lipinski definition) is 0. The fraction of sp³-hybridized carbons (Fsp3) is 0.562. The normalized spacial score (nSPS) is 10.4. The molecule has 0 fully saturated rings. The van der Waals surface area contributed by atoms with Gasteiger partial charge in [-0.05, 0) is 37.5 Å². The van der Waals surface area contributed by atoms with E-state index in [9.17, 15) is 4.79 Å². The third-order valence-electron chi connectivity index (χ3n) is 3.07. The van der Waals surface area contributed by atoms with Gasteiger partial charge in [-0.15, -0.1) is 0 Å². The summed E-state index contributed by atoms with van der Waals surface area (Å²) in [6.45, 7) is 6.90. The molecule has 18 heavy (non-hydrogen) atoms. The molecule has 1 aromatic carbocycles. The molecule has 2 heteroatoms. The number of aryl methyl sites for hydroxylation is 2. The summed E-state index contributed by atoms with van der Waals surface area (Å²) in [5.41, 5.74) is 2.82. The van der Waals surface area contributed by atoms with Gasteiger partial charge >= 0.3 is 0 Å². The van der Waals surface area contributed by atoms with Gasteiger partial charge in [0.2, 0.25) is 0 Å². The molecule has 0 bridgehead atoms. The van der Waals surface area contributed by atoms with Gasteiger partial charge in [0.05, 0.1) is 12.2 Å². The van der Waals surface area contributed by atoms with Crippen LogP contribution in [0.1, 0.15) is 60.5 Å². The maximum absolute atomic E-state index is 11.0. The molecule has 0 spiro atoms. The molecule has 0 saturated carbocycles. The van der Waals surface area contributed by atoms with Gasteiger partial charge in [-0.1, -0.05) is 38.7 Å². The Morgan fingerprint density at radius 1 is 1.11 bits per heavy atom. The summed E-state index contributed by atoms with van der Waals surface area (Å²) in [7, 11) is 0. The summed E-state index contributed by atoms with van der Waals surface area (Å²) in [6.07, 6.45) is 6.97. The average molecular weight is 248 g/mol. The Bertz CT molecular complexity index is 383. The summed E-state index contributed by atoms with van der Waals surface area (Å²) in [5, 5.41) is 0. The van der Waals surface area contributed by atoms with Crippen molar-refractivity contribution in [2.75, 3.05) is 6.61 Å². The fourth-order valence-corrected chi connectivity index (χ4v) is 2.15. The Hall–Kier alpha value is -1.31. The Balaban J connectivity index is 2.49. The molecule has 0 aliphatic rings. The summed E-state index contributed by atoms with van der Waals surface area (Å²) >= 11 is 0. The van der Waals surface area contributed by atoms with Crippen LogP contribution in [0.5, 0.6) is 5.75 Å². The molecule has 1 rings (SSSR count). The lowest BCUT2D eigenvalue weighted by Gasteiger charge is -2.12. The summed E-state index contributed by atoms with van der Waals surface area (Å²) in [4.78, 5) is 11.0. The smallest absolute Gasteiger partial charge is 0.153 e. The second-order valence-corrected chi connectivity index (χ2v) is 4.88. The SMILES string of the molecule is CCCCCCCOc1c(C)cc(C)cc1C=O. The van der Waals surface area contributed by atoms with E-state index in [-0.39, 0.29) is 0 Å². The van der Waals surface area contributed by atoms with Crippen molar-refractivity contribution < 1.29 is 9.53 Å². The molecule has 0 saturated heterocycles. The van der Waals surface area contributed by atoms with Gasteiger partial charge in [-0.25, -0.2) is 0 Å². The predicted molar refractivity (Wildman–Crippen MR) is 75.6 cm³/mol. The highest BCUT2D eigenvalue weighted by atomic mass is 16.5. The monoisotopic (exact) mass is 248 g/mol. The van der Waals surface area contributed by atoms with E-state index in [0.717, 1.165) is 29.6 Å². The number of carbonyl (C=O) groups excluding carboxylic acids is 1. The van der Waals surface area contributed by atoms with Gasteiger partial charge in [0.25, 0.3) is 0 Å². The van der Waals surface area contributed by atoms with E-state index in [4.69, 9.17) is 4.74 Å².